The second-order valence-electron chi connectivity index (χ2n) is 5.94. The van der Waals surface area contributed by atoms with Gasteiger partial charge in [-0.1, -0.05) is 17.4 Å². The highest BCUT2D eigenvalue weighted by atomic mass is 32.1. The first-order valence-corrected chi connectivity index (χ1v) is 8.82. The molecular formula is C16H20FN5O2S. The maximum Gasteiger partial charge on any atom is 0.239 e. The molecule has 9 heteroatoms. The number of carbonyl (C=O) groups is 1. The van der Waals surface area contributed by atoms with Gasteiger partial charge >= 0.3 is 0 Å². The van der Waals surface area contributed by atoms with Crippen LogP contribution in [-0.4, -0.2) is 47.7 Å². The Hall–Kier alpha value is -2.10. The molecular weight excluding hydrogens is 345 g/mol. The summed E-state index contributed by atoms with van der Waals surface area (Å²) in [6.45, 7) is 5.28. The predicted octanol–water partition coefficient (Wildman–Crippen LogP) is 1.85. The van der Waals surface area contributed by atoms with E-state index in [0.29, 0.717) is 5.69 Å². The van der Waals surface area contributed by atoms with Gasteiger partial charge in [-0.15, -0.1) is 0 Å². The van der Waals surface area contributed by atoms with Crippen molar-refractivity contribution in [1.29, 1.82) is 0 Å². The van der Waals surface area contributed by atoms with Gasteiger partial charge < -0.3 is 20.7 Å². The van der Waals surface area contributed by atoms with E-state index in [4.69, 9.17) is 10.5 Å². The van der Waals surface area contributed by atoms with Crippen LogP contribution in [0.1, 0.15) is 13.8 Å². The highest BCUT2D eigenvalue weighted by Gasteiger charge is 2.24. The predicted molar refractivity (Wildman–Crippen MR) is 95.2 cm³/mol. The van der Waals surface area contributed by atoms with E-state index in [1.165, 1.54) is 0 Å². The maximum atomic E-state index is 14.2. The molecule has 134 valence electrons. The minimum Gasteiger partial charge on any atom is -0.372 e. The first-order valence-electron chi connectivity index (χ1n) is 8.00. The van der Waals surface area contributed by atoms with Crippen LogP contribution in [0.5, 0.6) is 0 Å². The quantitative estimate of drug-likeness (QED) is 0.859. The molecule has 0 aliphatic carbocycles. The minimum atomic E-state index is -0.499. The zero-order valence-electron chi connectivity index (χ0n) is 14.0. The summed E-state index contributed by atoms with van der Waals surface area (Å²) in [6.07, 6.45) is 0.201. The van der Waals surface area contributed by atoms with E-state index in [9.17, 15) is 9.18 Å². The number of amides is 1. The standard InChI is InChI=1S/C16H20FN5O2S/c1-9-7-22(8-10(2)24-9)12-5-3-4-11(19-12)14-15(17)25-16(21-14)20-13(23)6-18/h3-5,9-10H,6-8,18H2,1-2H3,(H,20,21,23)/t9-,10+. The lowest BCUT2D eigenvalue weighted by molar-refractivity contribution is -0.114. The number of nitrogens with zero attached hydrogens (tertiary/aromatic N) is 3. The molecule has 2 atom stereocenters. The number of aromatic nitrogens is 2. The number of nitrogens with two attached hydrogens (primary N) is 1. The third-order valence-electron chi connectivity index (χ3n) is 3.74. The number of pyridine rings is 1. The summed E-state index contributed by atoms with van der Waals surface area (Å²) in [5, 5.41) is 2.13. The van der Waals surface area contributed by atoms with E-state index in [1.807, 2.05) is 26.0 Å². The molecule has 1 fully saturated rings. The summed E-state index contributed by atoms with van der Waals surface area (Å²) in [5.41, 5.74) is 5.79. The minimum absolute atomic E-state index is 0.100. The van der Waals surface area contributed by atoms with Crippen molar-refractivity contribution in [3.63, 3.8) is 0 Å². The normalized spacial score (nSPS) is 20.6. The first kappa shape index (κ1) is 17.7. The summed E-state index contributed by atoms with van der Waals surface area (Å²) in [6, 6.07) is 5.40. The molecule has 2 aromatic rings. The van der Waals surface area contributed by atoms with E-state index in [1.54, 1.807) is 6.07 Å². The molecule has 1 saturated heterocycles. The van der Waals surface area contributed by atoms with Crippen molar-refractivity contribution in [3.05, 3.63) is 23.3 Å². The van der Waals surface area contributed by atoms with E-state index < -0.39 is 11.0 Å². The first-order chi connectivity index (χ1) is 12.0. The largest absolute Gasteiger partial charge is 0.372 e. The Morgan fingerprint density at radius 3 is 2.80 bits per heavy atom. The molecule has 0 aromatic carbocycles. The Bertz CT molecular complexity index is 759. The van der Waals surface area contributed by atoms with Crippen molar-refractivity contribution in [2.24, 2.45) is 5.73 Å². The average Bonchev–Trinajstić information content (AvgIpc) is 2.94. The number of carbonyl (C=O) groups excluding carboxylic acids is 1. The number of morpholine rings is 1. The highest BCUT2D eigenvalue weighted by molar-refractivity contribution is 7.14. The Kier molecular flexibility index (Phi) is 5.26. The van der Waals surface area contributed by atoms with Gasteiger partial charge in [0, 0.05) is 13.1 Å². The van der Waals surface area contributed by atoms with Gasteiger partial charge in [-0.3, -0.25) is 4.79 Å². The van der Waals surface area contributed by atoms with Crippen molar-refractivity contribution < 1.29 is 13.9 Å². The number of hydrogen-bond donors (Lipinski definition) is 2. The van der Waals surface area contributed by atoms with Crippen molar-refractivity contribution in [3.8, 4) is 11.4 Å². The molecule has 0 bridgehead atoms. The second kappa shape index (κ2) is 7.42. The Morgan fingerprint density at radius 2 is 2.12 bits per heavy atom. The third-order valence-corrected chi connectivity index (χ3v) is 4.50. The number of anilines is 2. The SMILES string of the molecule is C[C@@H]1CN(c2cccc(-c3nc(NC(=O)CN)sc3F)n2)C[C@H](C)O1. The zero-order valence-corrected chi connectivity index (χ0v) is 14.8. The lowest BCUT2D eigenvalue weighted by Crippen LogP contribution is -2.45. The van der Waals surface area contributed by atoms with Crippen LogP contribution in [0.25, 0.3) is 11.4 Å². The van der Waals surface area contributed by atoms with Gasteiger partial charge in [0.15, 0.2) is 5.13 Å². The topological polar surface area (TPSA) is 93.4 Å². The average molecular weight is 365 g/mol. The highest BCUT2D eigenvalue weighted by Crippen LogP contribution is 2.30. The molecule has 0 saturated carbocycles. The van der Waals surface area contributed by atoms with Gasteiger partial charge in [0.25, 0.3) is 0 Å². The van der Waals surface area contributed by atoms with E-state index in [2.05, 4.69) is 20.2 Å². The summed E-state index contributed by atoms with van der Waals surface area (Å²) in [7, 11) is 0. The maximum absolute atomic E-state index is 14.2. The molecule has 3 heterocycles. The van der Waals surface area contributed by atoms with E-state index in [-0.39, 0.29) is 29.6 Å². The van der Waals surface area contributed by atoms with Gasteiger partial charge in [-0.05, 0) is 26.0 Å². The van der Waals surface area contributed by atoms with Gasteiger partial charge in [0.2, 0.25) is 11.0 Å². The Labute approximate surface area is 149 Å². The van der Waals surface area contributed by atoms with Gasteiger partial charge in [0.1, 0.15) is 11.5 Å². The molecule has 0 spiro atoms. The number of nitrogens with one attached hydrogen (secondary N) is 1. The van der Waals surface area contributed by atoms with Gasteiger partial charge in [-0.2, -0.15) is 4.39 Å². The number of hydrogen-bond acceptors (Lipinski definition) is 7. The fourth-order valence-corrected chi connectivity index (χ4v) is 3.50. The van der Waals surface area contributed by atoms with Crippen LogP contribution in [-0.2, 0) is 9.53 Å². The van der Waals surface area contributed by atoms with Crippen LogP contribution in [0.15, 0.2) is 18.2 Å². The molecule has 2 aromatic heterocycles. The van der Waals surface area contributed by atoms with Crippen molar-refractivity contribution in [2.75, 3.05) is 29.9 Å². The Balaban J connectivity index is 1.85. The van der Waals surface area contributed by atoms with E-state index in [0.717, 1.165) is 30.2 Å². The van der Waals surface area contributed by atoms with Crippen LogP contribution in [0.2, 0.25) is 0 Å². The number of rotatable bonds is 4. The van der Waals surface area contributed by atoms with Crippen LogP contribution < -0.4 is 16.0 Å². The summed E-state index contributed by atoms with van der Waals surface area (Å²) in [4.78, 5) is 22.1. The second-order valence-corrected chi connectivity index (χ2v) is 6.89. The Morgan fingerprint density at radius 1 is 1.40 bits per heavy atom. The summed E-state index contributed by atoms with van der Waals surface area (Å²) < 4.78 is 20.0. The molecule has 3 rings (SSSR count). The lowest BCUT2D eigenvalue weighted by Gasteiger charge is -2.36. The van der Waals surface area contributed by atoms with Crippen LogP contribution >= 0.6 is 11.3 Å². The van der Waals surface area contributed by atoms with Crippen LogP contribution in [0, 0.1) is 5.13 Å². The smallest absolute Gasteiger partial charge is 0.239 e. The van der Waals surface area contributed by atoms with E-state index >= 15 is 0 Å². The fourth-order valence-electron chi connectivity index (χ4n) is 2.78. The third kappa shape index (κ3) is 4.12. The van der Waals surface area contributed by atoms with Crippen molar-refractivity contribution in [1.82, 2.24) is 9.97 Å². The molecule has 0 radical (unpaired) electrons. The van der Waals surface area contributed by atoms with Crippen LogP contribution in [0.4, 0.5) is 15.3 Å². The number of thiazole rings is 1. The molecule has 0 unspecified atom stereocenters. The molecule has 7 nitrogen and oxygen atoms in total. The van der Waals surface area contributed by atoms with Crippen molar-refractivity contribution >= 4 is 28.2 Å². The number of halogens is 1. The summed E-state index contributed by atoms with van der Waals surface area (Å²) >= 11 is 0.756. The molecule has 1 amide bonds. The monoisotopic (exact) mass is 365 g/mol. The summed E-state index contributed by atoms with van der Waals surface area (Å²) in [5.74, 6) is 0.331. The van der Waals surface area contributed by atoms with Crippen LogP contribution in [0.3, 0.4) is 0 Å². The van der Waals surface area contributed by atoms with Crippen molar-refractivity contribution in [2.45, 2.75) is 26.1 Å². The number of ether oxygens (including phenoxy) is 1. The molecule has 1 aliphatic heterocycles. The molecule has 3 N–H and O–H groups in total. The zero-order chi connectivity index (χ0) is 18.0. The molecule has 25 heavy (non-hydrogen) atoms. The van der Waals surface area contributed by atoms with Gasteiger partial charge in [0.05, 0.1) is 24.4 Å². The molecule has 1 aliphatic rings. The lowest BCUT2D eigenvalue weighted by atomic mass is 10.2. The fraction of sp³-hybridized carbons (Fsp3) is 0.438. The van der Waals surface area contributed by atoms with Gasteiger partial charge in [-0.25, -0.2) is 9.97 Å².